The number of likely N-dealkylation sites (N-methyl/N-ethyl adjacent to an activating group) is 2. The molecule has 106 valence electrons. The zero-order valence-electron chi connectivity index (χ0n) is 11.8. The first-order chi connectivity index (χ1) is 9.15. The molecule has 4 heteroatoms. The van der Waals surface area contributed by atoms with E-state index in [2.05, 4.69) is 23.8 Å². The van der Waals surface area contributed by atoms with Crippen molar-refractivity contribution in [3.63, 3.8) is 0 Å². The summed E-state index contributed by atoms with van der Waals surface area (Å²) in [6.07, 6.45) is 2.56. The summed E-state index contributed by atoms with van der Waals surface area (Å²) in [7, 11) is 2.09. The molecular weight excluding hydrogens is 260 g/mol. The van der Waals surface area contributed by atoms with Crippen molar-refractivity contribution in [1.29, 1.82) is 0 Å². The van der Waals surface area contributed by atoms with E-state index >= 15 is 0 Å². The van der Waals surface area contributed by atoms with Crippen molar-refractivity contribution in [2.24, 2.45) is 0 Å². The molecule has 1 aromatic rings. The van der Waals surface area contributed by atoms with Crippen molar-refractivity contribution in [1.82, 2.24) is 4.90 Å². The number of benzene rings is 1. The third-order valence-electron chi connectivity index (χ3n) is 4.00. The van der Waals surface area contributed by atoms with E-state index in [1.807, 2.05) is 18.2 Å². The summed E-state index contributed by atoms with van der Waals surface area (Å²) in [5.41, 5.74) is 1.90. The fourth-order valence-corrected chi connectivity index (χ4v) is 3.24. The highest BCUT2D eigenvalue weighted by Gasteiger charge is 2.24. The minimum absolute atomic E-state index is 0.0377. The van der Waals surface area contributed by atoms with Crippen molar-refractivity contribution < 1.29 is 5.11 Å². The van der Waals surface area contributed by atoms with Crippen molar-refractivity contribution in [2.75, 3.05) is 31.6 Å². The van der Waals surface area contributed by atoms with Gasteiger partial charge in [0.05, 0.1) is 17.3 Å². The lowest BCUT2D eigenvalue weighted by molar-refractivity contribution is 0.270. The second-order valence-corrected chi connectivity index (χ2v) is 5.66. The third-order valence-corrected chi connectivity index (χ3v) is 4.30. The van der Waals surface area contributed by atoms with Gasteiger partial charge in [-0.15, -0.1) is 0 Å². The summed E-state index contributed by atoms with van der Waals surface area (Å²) >= 11 is 6.29. The lowest BCUT2D eigenvalue weighted by Gasteiger charge is -2.29. The van der Waals surface area contributed by atoms with Crippen LogP contribution in [0.5, 0.6) is 0 Å². The molecule has 0 amide bonds. The molecule has 1 aliphatic rings. The van der Waals surface area contributed by atoms with E-state index in [4.69, 9.17) is 16.7 Å². The number of anilines is 1. The largest absolute Gasteiger partial charge is 0.392 e. The molecule has 19 heavy (non-hydrogen) atoms. The Morgan fingerprint density at radius 1 is 1.47 bits per heavy atom. The lowest BCUT2D eigenvalue weighted by atomic mass is 10.1. The summed E-state index contributed by atoms with van der Waals surface area (Å²) in [4.78, 5) is 4.76. The first kappa shape index (κ1) is 14.6. The average molecular weight is 283 g/mol. The second-order valence-electron chi connectivity index (χ2n) is 5.25. The van der Waals surface area contributed by atoms with Gasteiger partial charge in [0, 0.05) is 19.6 Å². The maximum atomic E-state index is 9.11. The minimum atomic E-state index is 0.0377. The lowest BCUT2D eigenvalue weighted by Crippen LogP contribution is -2.38. The average Bonchev–Trinajstić information content (AvgIpc) is 2.85. The fraction of sp³-hybridized carbons (Fsp3) is 0.600. The summed E-state index contributed by atoms with van der Waals surface area (Å²) in [6.45, 7) is 5.60. The van der Waals surface area contributed by atoms with Crippen molar-refractivity contribution in [3.8, 4) is 0 Å². The van der Waals surface area contributed by atoms with Gasteiger partial charge in [-0.25, -0.2) is 0 Å². The Morgan fingerprint density at radius 3 is 2.89 bits per heavy atom. The van der Waals surface area contributed by atoms with Gasteiger partial charge in [0.15, 0.2) is 0 Å². The summed E-state index contributed by atoms with van der Waals surface area (Å²) in [5, 5.41) is 9.83. The van der Waals surface area contributed by atoms with Crippen LogP contribution in [0.1, 0.15) is 25.3 Å². The molecule has 1 atom stereocenters. The van der Waals surface area contributed by atoms with Crippen LogP contribution in [-0.2, 0) is 6.61 Å². The maximum Gasteiger partial charge on any atom is 0.0682 e. The molecule has 0 spiro atoms. The normalized spacial score (nSPS) is 19.9. The van der Waals surface area contributed by atoms with E-state index in [9.17, 15) is 0 Å². The van der Waals surface area contributed by atoms with Crippen LogP contribution in [0.15, 0.2) is 18.2 Å². The quantitative estimate of drug-likeness (QED) is 0.900. The Morgan fingerprint density at radius 2 is 2.26 bits per heavy atom. The Kier molecular flexibility index (Phi) is 5.08. The Hall–Kier alpha value is -0.770. The molecule has 0 aromatic heterocycles. The smallest absolute Gasteiger partial charge is 0.0682 e. The topological polar surface area (TPSA) is 26.7 Å². The highest BCUT2D eigenvalue weighted by Crippen LogP contribution is 2.28. The van der Waals surface area contributed by atoms with Crippen molar-refractivity contribution in [3.05, 3.63) is 28.8 Å². The van der Waals surface area contributed by atoms with Crippen LogP contribution < -0.4 is 4.90 Å². The van der Waals surface area contributed by atoms with Crippen LogP contribution in [-0.4, -0.2) is 42.7 Å². The van der Waals surface area contributed by atoms with Gasteiger partial charge in [-0.1, -0.05) is 24.6 Å². The third kappa shape index (κ3) is 3.41. The molecule has 0 bridgehead atoms. The molecule has 1 heterocycles. The molecule has 1 fully saturated rings. The number of nitrogens with zero attached hydrogens (tertiary/aromatic N) is 2. The number of hydrogen-bond acceptors (Lipinski definition) is 3. The van der Waals surface area contributed by atoms with E-state index in [-0.39, 0.29) is 6.61 Å². The number of rotatable bonds is 5. The molecule has 3 nitrogen and oxygen atoms in total. The SMILES string of the molecule is CCN1CCCC1CN(C)c1ccc(CO)cc1Cl. The summed E-state index contributed by atoms with van der Waals surface area (Å²) in [6, 6.07) is 6.41. The van der Waals surface area contributed by atoms with Crippen LogP contribution in [0.3, 0.4) is 0 Å². The molecule has 0 saturated carbocycles. The van der Waals surface area contributed by atoms with Gasteiger partial charge < -0.3 is 10.0 Å². The zero-order chi connectivity index (χ0) is 13.8. The molecule has 2 rings (SSSR count). The van der Waals surface area contributed by atoms with Crippen molar-refractivity contribution >= 4 is 17.3 Å². The highest BCUT2D eigenvalue weighted by atomic mass is 35.5. The maximum absolute atomic E-state index is 9.11. The first-order valence-corrected chi connectivity index (χ1v) is 7.38. The van der Waals surface area contributed by atoms with Gasteiger partial charge in [-0.2, -0.15) is 0 Å². The van der Waals surface area contributed by atoms with E-state index in [1.165, 1.54) is 19.4 Å². The predicted molar refractivity (Wildman–Crippen MR) is 80.9 cm³/mol. The van der Waals surface area contributed by atoms with E-state index < -0.39 is 0 Å². The number of likely N-dealkylation sites (tertiary alicyclic amines) is 1. The molecule has 1 aliphatic heterocycles. The van der Waals surface area contributed by atoms with E-state index in [0.29, 0.717) is 6.04 Å². The van der Waals surface area contributed by atoms with Gasteiger partial charge in [0.1, 0.15) is 0 Å². The van der Waals surface area contributed by atoms with Crippen molar-refractivity contribution in [2.45, 2.75) is 32.4 Å². The summed E-state index contributed by atoms with van der Waals surface area (Å²) < 4.78 is 0. The summed E-state index contributed by atoms with van der Waals surface area (Å²) in [5.74, 6) is 0. The van der Waals surface area contributed by atoms with Gasteiger partial charge in [-0.3, -0.25) is 4.90 Å². The zero-order valence-corrected chi connectivity index (χ0v) is 12.5. The number of aliphatic hydroxyl groups is 1. The van der Waals surface area contributed by atoms with Crippen LogP contribution in [0.2, 0.25) is 5.02 Å². The molecule has 1 N–H and O–H groups in total. The van der Waals surface area contributed by atoms with E-state index in [0.717, 1.165) is 29.4 Å². The van der Waals surface area contributed by atoms with Crippen LogP contribution in [0.25, 0.3) is 0 Å². The monoisotopic (exact) mass is 282 g/mol. The van der Waals surface area contributed by atoms with Crippen LogP contribution in [0.4, 0.5) is 5.69 Å². The standard InChI is InChI=1S/C15H23ClN2O/c1-3-18-8-4-5-13(18)10-17(2)15-7-6-12(11-19)9-14(15)16/h6-7,9,13,19H,3-5,8,10-11H2,1-2H3. The second kappa shape index (κ2) is 6.60. The number of halogens is 1. The fourth-order valence-electron chi connectivity index (χ4n) is 2.89. The van der Waals surface area contributed by atoms with E-state index in [1.54, 1.807) is 0 Å². The van der Waals surface area contributed by atoms with Gasteiger partial charge in [0.2, 0.25) is 0 Å². The molecule has 1 unspecified atom stereocenters. The van der Waals surface area contributed by atoms with Crippen LogP contribution >= 0.6 is 11.6 Å². The minimum Gasteiger partial charge on any atom is -0.392 e. The van der Waals surface area contributed by atoms with Crippen LogP contribution in [0, 0.1) is 0 Å². The predicted octanol–water partition coefficient (Wildman–Crippen LogP) is 2.75. The molecule has 1 aromatic carbocycles. The molecule has 1 saturated heterocycles. The molecule has 0 aliphatic carbocycles. The Balaban J connectivity index is 2.05. The van der Waals surface area contributed by atoms with Gasteiger partial charge >= 0.3 is 0 Å². The van der Waals surface area contributed by atoms with Gasteiger partial charge in [-0.05, 0) is 43.6 Å². The Labute approximate surface area is 120 Å². The Bertz CT molecular complexity index is 425. The first-order valence-electron chi connectivity index (χ1n) is 7.00. The van der Waals surface area contributed by atoms with Gasteiger partial charge in [0.25, 0.3) is 0 Å². The molecule has 0 radical (unpaired) electrons. The molecular formula is C15H23ClN2O. The highest BCUT2D eigenvalue weighted by molar-refractivity contribution is 6.33. The number of aliphatic hydroxyl groups excluding tert-OH is 1. The number of hydrogen-bond donors (Lipinski definition) is 1.